The van der Waals surface area contributed by atoms with E-state index in [0.717, 1.165) is 34.8 Å². The van der Waals surface area contributed by atoms with Crippen LogP contribution in [0, 0.1) is 0 Å². The monoisotopic (exact) mass is 237 g/mol. The number of fused-ring (bicyclic) bond motifs is 1. The second-order valence-corrected chi connectivity index (χ2v) is 4.43. The lowest BCUT2D eigenvalue weighted by Crippen LogP contribution is -2.13. The maximum atomic E-state index is 6.21. The predicted molar refractivity (Wildman–Crippen MR) is 67.6 cm³/mol. The van der Waals surface area contributed by atoms with Gasteiger partial charge in [-0.1, -0.05) is 24.6 Å². The smallest absolute Gasteiger partial charge is 0.126 e. The van der Waals surface area contributed by atoms with E-state index in [-0.39, 0.29) is 6.04 Å². The third-order valence-corrected chi connectivity index (χ3v) is 2.91. The number of aryl methyl sites for hydroxylation is 1. The SMILES string of the molecule is CCCn1c(C(C)N)nc2cccc(Cl)c21. The Kier molecular flexibility index (Phi) is 3.17. The highest BCUT2D eigenvalue weighted by molar-refractivity contribution is 6.35. The van der Waals surface area contributed by atoms with Gasteiger partial charge in [0.05, 0.1) is 22.1 Å². The highest BCUT2D eigenvalue weighted by atomic mass is 35.5. The van der Waals surface area contributed by atoms with Gasteiger partial charge in [-0.2, -0.15) is 0 Å². The molecule has 1 atom stereocenters. The normalized spacial score (nSPS) is 13.2. The molecule has 16 heavy (non-hydrogen) atoms. The standard InChI is InChI=1S/C12H16ClN3/c1-3-7-16-11-9(13)5-4-6-10(11)15-12(16)8(2)14/h4-6,8H,3,7,14H2,1-2H3. The van der Waals surface area contributed by atoms with Gasteiger partial charge in [0.25, 0.3) is 0 Å². The number of rotatable bonds is 3. The molecule has 0 radical (unpaired) electrons. The molecule has 0 aliphatic heterocycles. The summed E-state index contributed by atoms with van der Waals surface area (Å²) < 4.78 is 2.13. The minimum Gasteiger partial charge on any atom is -0.325 e. The zero-order valence-electron chi connectivity index (χ0n) is 9.57. The highest BCUT2D eigenvalue weighted by Crippen LogP contribution is 2.26. The molecule has 1 aromatic heterocycles. The number of benzene rings is 1. The first kappa shape index (κ1) is 11.4. The van der Waals surface area contributed by atoms with Crippen LogP contribution in [-0.4, -0.2) is 9.55 Å². The van der Waals surface area contributed by atoms with Crippen molar-refractivity contribution in [2.45, 2.75) is 32.9 Å². The molecule has 2 N–H and O–H groups in total. The third-order valence-electron chi connectivity index (χ3n) is 2.60. The Hall–Kier alpha value is -1.06. The summed E-state index contributed by atoms with van der Waals surface area (Å²) in [4.78, 5) is 4.55. The first-order chi connectivity index (χ1) is 7.65. The summed E-state index contributed by atoms with van der Waals surface area (Å²) in [6, 6.07) is 5.70. The lowest BCUT2D eigenvalue weighted by molar-refractivity contribution is 0.613. The van der Waals surface area contributed by atoms with Gasteiger partial charge in [-0.15, -0.1) is 0 Å². The fourth-order valence-corrected chi connectivity index (χ4v) is 2.23. The molecule has 0 amide bonds. The van der Waals surface area contributed by atoms with Gasteiger partial charge < -0.3 is 10.3 Å². The topological polar surface area (TPSA) is 43.8 Å². The second kappa shape index (κ2) is 4.44. The molecule has 0 fully saturated rings. The summed E-state index contributed by atoms with van der Waals surface area (Å²) in [5.74, 6) is 0.907. The van der Waals surface area contributed by atoms with Crippen molar-refractivity contribution in [3.05, 3.63) is 29.0 Å². The first-order valence-corrected chi connectivity index (χ1v) is 5.93. The molecule has 1 aromatic carbocycles. The van der Waals surface area contributed by atoms with E-state index in [0.29, 0.717) is 0 Å². The Morgan fingerprint density at radius 1 is 1.50 bits per heavy atom. The fraction of sp³-hybridized carbons (Fsp3) is 0.417. The lowest BCUT2D eigenvalue weighted by atomic mass is 10.3. The van der Waals surface area contributed by atoms with Gasteiger partial charge in [0, 0.05) is 6.54 Å². The molecule has 0 saturated carbocycles. The van der Waals surface area contributed by atoms with Crippen molar-refractivity contribution in [1.29, 1.82) is 0 Å². The summed E-state index contributed by atoms with van der Waals surface area (Å²) in [6.07, 6.45) is 1.04. The van der Waals surface area contributed by atoms with Gasteiger partial charge >= 0.3 is 0 Å². The van der Waals surface area contributed by atoms with Crippen molar-refractivity contribution >= 4 is 22.6 Å². The van der Waals surface area contributed by atoms with E-state index >= 15 is 0 Å². The Labute approximate surface area is 100 Å². The van der Waals surface area contributed by atoms with Crippen LogP contribution in [0.3, 0.4) is 0 Å². The predicted octanol–water partition coefficient (Wildman–Crippen LogP) is 3.12. The van der Waals surface area contributed by atoms with Gasteiger partial charge in [0.2, 0.25) is 0 Å². The number of nitrogens with zero attached hydrogens (tertiary/aromatic N) is 2. The van der Waals surface area contributed by atoms with E-state index in [1.165, 1.54) is 0 Å². The van der Waals surface area contributed by atoms with Crippen LogP contribution >= 0.6 is 11.6 Å². The molecule has 1 unspecified atom stereocenters. The minimum atomic E-state index is -0.0741. The highest BCUT2D eigenvalue weighted by Gasteiger charge is 2.14. The number of aromatic nitrogens is 2. The molecule has 86 valence electrons. The minimum absolute atomic E-state index is 0.0741. The van der Waals surface area contributed by atoms with E-state index in [1.807, 2.05) is 25.1 Å². The number of halogens is 1. The van der Waals surface area contributed by atoms with Crippen molar-refractivity contribution in [3.8, 4) is 0 Å². The first-order valence-electron chi connectivity index (χ1n) is 5.55. The van der Waals surface area contributed by atoms with Crippen LogP contribution in [0.25, 0.3) is 11.0 Å². The average Bonchev–Trinajstić information content (AvgIpc) is 2.59. The van der Waals surface area contributed by atoms with Crippen LogP contribution < -0.4 is 5.73 Å². The van der Waals surface area contributed by atoms with Crippen LogP contribution in [0.5, 0.6) is 0 Å². The zero-order valence-corrected chi connectivity index (χ0v) is 10.3. The molecule has 2 rings (SSSR count). The van der Waals surface area contributed by atoms with Crippen LogP contribution in [-0.2, 0) is 6.54 Å². The van der Waals surface area contributed by atoms with Gasteiger partial charge in [-0.3, -0.25) is 0 Å². The van der Waals surface area contributed by atoms with Crippen molar-refractivity contribution in [2.24, 2.45) is 5.73 Å². The number of hydrogen-bond acceptors (Lipinski definition) is 2. The Morgan fingerprint density at radius 3 is 2.88 bits per heavy atom. The maximum absolute atomic E-state index is 6.21. The van der Waals surface area contributed by atoms with Crippen molar-refractivity contribution in [1.82, 2.24) is 9.55 Å². The molecule has 0 spiro atoms. The third kappa shape index (κ3) is 1.81. The van der Waals surface area contributed by atoms with Crippen LogP contribution in [0.15, 0.2) is 18.2 Å². The Balaban J connectivity index is 2.72. The van der Waals surface area contributed by atoms with Gasteiger partial charge in [0.15, 0.2) is 0 Å². The summed E-state index contributed by atoms with van der Waals surface area (Å²) in [5.41, 5.74) is 7.86. The second-order valence-electron chi connectivity index (χ2n) is 4.02. The van der Waals surface area contributed by atoms with E-state index in [9.17, 15) is 0 Å². The number of hydrogen-bond donors (Lipinski definition) is 1. The molecule has 1 heterocycles. The van der Waals surface area contributed by atoms with Gasteiger partial charge in [0.1, 0.15) is 5.82 Å². The molecular weight excluding hydrogens is 222 g/mol. The van der Waals surface area contributed by atoms with Crippen LogP contribution in [0.1, 0.15) is 32.1 Å². The Morgan fingerprint density at radius 2 is 2.25 bits per heavy atom. The largest absolute Gasteiger partial charge is 0.325 e. The van der Waals surface area contributed by atoms with Gasteiger partial charge in [-0.25, -0.2) is 4.98 Å². The molecule has 3 nitrogen and oxygen atoms in total. The molecule has 4 heteroatoms. The van der Waals surface area contributed by atoms with Gasteiger partial charge in [-0.05, 0) is 25.5 Å². The van der Waals surface area contributed by atoms with E-state index in [4.69, 9.17) is 17.3 Å². The molecular formula is C12H16ClN3. The van der Waals surface area contributed by atoms with E-state index < -0.39 is 0 Å². The quantitative estimate of drug-likeness (QED) is 0.892. The summed E-state index contributed by atoms with van der Waals surface area (Å²) in [6.45, 7) is 4.98. The molecule has 0 saturated heterocycles. The molecule has 0 aliphatic rings. The van der Waals surface area contributed by atoms with Crippen molar-refractivity contribution in [2.75, 3.05) is 0 Å². The van der Waals surface area contributed by atoms with Crippen LogP contribution in [0.2, 0.25) is 5.02 Å². The fourth-order valence-electron chi connectivity index (χ4n) is 1.96. The van der Waals surface area contributed by atoms with Crippen LogP contribution in [0.4, 0.5) is 0 Å². The van der Waals surface area contributed by atoms with E-state index in [1.54, 1.807) is 0 Å². The van der Waals surface area contributed by atoms with Crippen molar-refractivity contribution in [3.63, 3.8) is 0 Å². The maximum Gasteiger partial charge on any atom is 0.126 e. The Bertz CT molecular complexity index is 502. The molecule has 0 aliphatic carbocycles. The summed E-state index contributed by atoms with van der Waals surface area (Å²) >= 11 is 6.21. The number of imidazole rings is 1. The number of para-hydroxylation sites is 1. The van der Waals surface area contributed by atoms with E-state index in [2.05, 4.69) is 16.5 Å². The summed E-state index contributed by atoms with van der Waals surface area (Å²) in [5, 5.41) is 0.741. The average molecular weight is 238 g/mol. The summed E-state index contributed by atoms with van der Waals surface area (Å²) in [7, 11) is 0. The number of nitrogens with two attached hydrogens (primary N) is 1. The van der Waals surface area contributed by atoms with Crippen molar-refractivity contribution < 1.29 is 0 Å². The zero-order chi connectivity index (χ0) is 11.7. The molecule has 0 bridgehead atoms. The molecule has 2 aromatic rings. The lowest BCUT2D eigenvalue weighted by Gasteiger charge is -2.10.